The molecule has 0 fully saturated rings. The normalized spacial score (nSPS) is 9.78. The molecule has 0 radical (unpaired) electrons. The van der Waals surface area contributed by atoms with Gasteiger partial charge in [0.05, 0.1) is 17.8 Å². The van der Waals surface area contributed by atoms with Crippen molar-refractivity contribution >= 4 is 17.6 Å². The minimum absolute atomic E-state index is 0.00873. The first-order chi connectivity index (χ1) is 8.50. The van der Waals surface area contributed by atoms with E-state index in [9.17, 15) is 19.7 Å². The van der Waals surface area contributed by atoms with Gasteiger partial charge in [-0.25, -0.2) is 0 Å². The molecule has 1 amide bonds. The van der Waals surface area contributed by atoms with Crippen molar-refractivity contribution in [1.29, 1.82) is 0 Å². The monoisotopic (exact) mass is 252 g/mol. The van der Waals surface area contributed by atoms with Gasteiger partial charge >= 0.3 is 5.97 Å². The fourth-order valence-electron chi connectivity index (χ4n) is 1.38. The number of carbonyl (C=O) groups excluding carboxylic acids is 1. The lowest BCUT2D eigenvalue weighted by Crippen LogP contribution is -2.27. The molecule has 96 valence electrons. The van der Waals surface area contributed by atoms with E-state index in [4.69, 9.17) is 5.11 Å². The fraction of sp³-hybridized carbons (Fsp3) is 0.273. The van der Waals surface area contributed by atoms with Crippen molar-refractivity contribution in [1.82, 2.24) is 5.32 Å². The van der Waals surface area contributed by atoms with Crippen LogP contribution >= 0.6 is 0 Å². The van der Waals surface area contributed by atoms with Crippen LogP contribution in [0.4, 0.5) is 5.69 Å². The molecule has 7 heteroatoms. The molecule has 0 aliphatic carbocycles. The van der Waals surface area contributed by atoms with Gasteiger partial charge in [0, 0.05) is 18.2 Å². The number of benzene rings is 1. The number of carbonyl (C=O) groups is 2. The Morgan fingerprint density at radius 1 is 1.33 bits per heavy atom. The van der Waals surface area contributed by atoms with Crippen LogP contribution < -0.4 is 5.32 Å². The van der Waals surface area contributed by atoms with Gasteiger partial charge < -0.3 is 10.4 Å². The average molecular weight is 252 g/mol. The lowest BCUT2D eigenvalue weighted by Gasteiger charge is -2.04. The van der Waals surface area contributed by atoms with Crippen LogP contribution in [0.2, 0.25) is 0 Å². The summed E-state index contributed by atoms with van der Waals surface area (Å²) in [5, 5.41) is 21.5. The summed E-state index contributed by atoms with van der Waals surface area (Å²) in [6.45, 7) is 0.00873. The molecule has 0 heterocycles. The number of rotatable bonds is 6. The molecule has 18 heavy (non-hydrogen) atoms. The van der Waals surface area contributed by atoms with Gasteiger partial charge in [0.15, 0.2) is 0 Å². The quantitative estimate of drug-likeness (QED) is 0.572. The Hall–Kier alpha value is -2.44. The summed E-state index contributed by atoms with van der Waals surface area (Å²) in [6.07, 6.45) is -0.320. The maximum atomic E-state index is 11.4. The smallest absolute Gasteiger partial charge is 0.305 e. The van der Waals surface area contributed by atoms with Crippen LogP contribution in [0.3, 0.4) is 0 Å². The molecule has 0 saturated heterocycles. The largest absolute Gasteiger partial charge is 0.481 e. The molecule has 0 unspecified atom stereocenters. The Labute approximate surface area is 103 Å². The summed E-state index contributed by atoms with van der Waals surface area (Å²) >= 11 is 0. The van der Waals surface area contributed by atoms with E-state index in [-0.39, 0.29) is 25.1 Å². The highest BCUT2D eigenvalue weighted by molar-refractivity contribution is 5.80. The minimum atomic E-state index is -1.01. The Morgan fingerprint density at radius 2 is 2.00 bits per heavy atom. The molecule has 1 aromatic carbocycles. The second-order valence-corrected chi connectivity index (χ2v) is 3.56. The van der Waals surface area contributed by atoms with Gasteiger partial charge in [0.2, 0.25) is 5.91 Å². The van der Waals surface area contributed by atoms with Crippen LogP contribution in [0.25, 0.3) is 0 Å². The van der Waals surface area contributed by atoms with Crippen LogP contribution in [-0.2, 0) is 16.0 Å². The molecule has 0 aliphatic heterocycles. The first-order valence-electron chi connectivity index (χ1n) is 5.21. The number of nitro benzene ring substituents is 1. The second kappa shape index (κ2) is 6.33. The molecular weight excluding hydrogens is 240 g/mol. The van der Waals surface area contributed by atoms with E-state index in [0.29, 0.717) is 5.56 Å². The first kappa shape index (κ1) is 13.6. The Bertz CT molecular complexity index is 472. The Kier molecular flexibility index (Phi) is 4.79. The number of nitro groups is 1. The van der Waals surface area contributed by atoms with Gasteiger partial charge in [-0.15, -0.1) is 0 Å². The third-order valence-electron chi connectivity index (χ3n) is 2.20. The van der Waals surface area contributed by atoms with Crippen LogP contribution in [0.1, 0.15) is 12.0 Å². The van der Waals surface area contributed by atoms with Crippen molar-refractivity contribution in [2.45, 2.75) is 12.8 Å². The SMILES string of the molecule is O=C(O)CCNC(=O)Cc1ccccc1[N+](=O)[O-]. The lowest BCUT2D eigenvalue weighted by atomic mass is 10.1. The van der Waals surface area contributed by atoms with E-state index in [1.165, 1.54) is 18.2 Å². The molecule has 1 aromatic rings. The van der Waals surface area contributed by atoms with Gasteiger partial charge in [-0.3, -0.25) is 19.7 Å². The van der Waals surface area contributed by atoms with Crippen molar-refractivity contribution in [3.63, 3.8) is 0 Å². The number of nitrogens with zero attached hydrogens (tertiary/aromatic N) is 1. The standard InChI is InChI=1S/C11H12N2O5/c14-10(12-6-5-11(15)16)7-8-3-1-2-4-9(8)13(17)18/h1-4H,5-7H2,(H,12,14)(H,15,16). The van der Waals surface area contributed by atoms with Crippen LogP contribution in [0.15, 0.2) is 24.3 Å². The number of nitrogens with one attached hydrogen (secondary N) is 1. The van der Waals surface area contributed by atoms with Crippen molar-refractivity contribution in [2.24, 2.45) is 0 Å². The molecule has 0 atom stereocenters. The second-order valence-electron chi connectivity index (χ2n) is 3.56. The zero-order chi connectivity index (χ0) is 13.5. The van der Waals surface area contributed by atoms with Crippen LogP contribution in [-0.4, -0.2) is 28.5 Å². The maximum absolute atomic E-state index is 11.4. The molecule has 0 aliphatic rings. The van der Waals surface area contributed by atoms with E-state index in [1.54, 1.807) is 6.07 Å². The number of hydrogen-bond donors (Lipinski definition) is 2. The Balaban J connectivity index is 2.59. The summed E-state index contributed by atoms with van der Waals surface area (Å²) in [6, 6.07) is 5.94. The van der Waals surface area contributed by atoms with Gasteiger partial charge in [-0.1, -0.05) is 18.2 Å². The molecule has 1 rings (SSSR count). The fourth-order valence-corrected chi connectivity index (χ4v) is 1.38. The summed E-state index contributed by atoms with van der Waals surface area (Å²) < 4.78 is 0. The predicted octanol–water partition coefficient (Wildman–Crippen LogP) is 0.728. The number of carboxylic acid groups (broad SMARTS) is 1. The molecule has 2 N–H and O–H groups in total. The highest BCUT2D eigenvalue weighted by atomic mass is 16.6. The molecule has 0 spiro atoms. The first-order valence-corrected chi connectivity index (χ1v) is 5.21. The highest BCUT2D eigenvalue weighted by Crippen LogP contribution is 2.17. The third kappa shape index (κ3) is 4.20. The number of carboxylic acids is 1. The van der Waals surface area contributed by atoms with E-state index >= 15 is 0 Å². The summed E-state index contributed by atoms with van der Waals surface area (Å²) in [5.74, 6) is -1.45. The van der Waals surface area contributed by atoms with E-state index in [1.807, 2.05) is 0 Å². The number of hydrogen-bond acceptors (Lipinski definition) is 4. The predicted molar refractivity (Wildman–Crippen MR) is 62.1 cm³/mol. The lowest BCUT2D eigenvalue weighted by molar-refractivity contribution is -0.385. The van der Waals surface area contributed by atoms with Gasteiger partial charge in [0.1, 0.15) is 0 Å². The van der Waals surface area contributed by atoms with Crippen LogP contribution in [0, 0.1) is 10.1 Å². The number of aliphatic carboxylic acids is 1. The van der Waals surface area contributed by atoms with E-state index < -0.39 is 16.8 Å². The maximum Gasteiger partial charge on any atom is 0.305 e. The molecule has 0 bridgehead atoms. The Morgan fingerprint density at radius 3 is 2.61 bits per heavy atom. The zero-order valence-corrected chi connectivity index (χ0v) is 9.46. The molecular formula is C11H12N2O5. The number of amides is 1. The van der Waals surface area contributed by atoms with Crippen molar-refractivity contribution in [3.05, 3.63) is 39.9 Å². The van der Waals surface area contributed by atoms with Gasteiger partial charge in [-0.2, -0.15) is 0 Å². The highest BCUT2D eigenvalue weighted by Gasteiger charge is 2.15. The van der Waals surface area contributed by atoms with Crippen molar-refractivity contribution in [2.75, 3.05) is 6.54 Å². The van der Waals surface area contributed by atoms with Crippen molar-refractivity contribution < 1.29 is 19.6 Å². The van der Waals surface area contributed by atoms with Crippen LogP contribution in [0.5, 0.6) is 0 Å². The zero-order valence-electron chi connectivity index (χ0n) is 9.46. The summed E-state index contributed by atoms with van der Waals surface area (Å²) in [4.78, 5) is 31.8. The van der Waals surface area contributed by atoms with E-state index in [0.717, 1.165) is 0 Å². The number of para-hydroxylation sites is 1. The molecule has 7 nitrogen and oxygen atoms in total. The van der Waals surface area contributed by atoms with E-state index in [2.05, 4.69) is 5.32 Å². The molecule has 0 saturated carbocycles. The molecule has 0 aromatic heterocycles. The van der Waals surface area contributed by atoms with Crippen molar-refractivity contribution in [3.8, 4) is 0 Å². The summed E-state index contributed by atoms with van der Waals surface area (Å²) in [7, 11) is 0. The van der Waals surface area contributed by atoms with Gasteiger partial charge in [-0.05, 0) is 0 Å². The van der Waals surface area contributed by atoms with Gasteiger partial charge in [0.25, 0.3) is 5.69 Å². The third-order valence-corrected chi connectivity index (χ3v) is 2.20. The minimum Gasteiger partial charge on any atom is -0.481 e. The topological polar surface area (TPSA) is 110 Å². The summed E-state index contributed by atoms with van der Waals surface area (Å²) in [5.41, 5.74) is 0.182. The average Bonchev–Trinajstić information content (AvgIpc) is 2.28.